The highest BCUT2D eigenvalue weighted by Gasteiger charge is 2.47. The van der Waals surface area contributed by atoms with E-state index < -0.39 is 21.4 Å². The summed E-state index contributed by atoms with van der Waals surface area (Å²) in [6.45, 7) is 0. The van der Waals surface area contributed by atoms with Gasteiger partial charge in [0.1, 0.15) is 0 Å². The van der Waals surface area contributed by atoms with Crippen LogP contribution in [-0.2, 0) is 14.8 Å². The fourth-order valence-electron chi connectivity index (χ4n) is 3.11. The van der Waals surface area contributed by atoms with Crippen molar-refractivity contribution >= 4 is 15.9 Å². The first kappa shape index (κ1) is 13.6. The van der Waals surface area contributed by atoms with Crippen LogP contribution in [0.3, 0.4) is 0 Å². The number of hydrogen-bond acceptors (Lipinski definition) is 3. The molecule has 2 aliphatic rings. The molecule has 0 aromatic heterocycles. The van der Waals surface area contributed by atoms with E-state index in [-0.39, 0.29) is 12.3 Å². The van der Waals surface area contributed by atoms with Gasteiger partial charge >= 0.3 is 15.5 Å². The second kappa shape index (κ2) is 4.40. The summed E-state index contributed by atoms with van der Waals surface area (Å²) in [4.78, 5) is 11.3. The molecule has 104 valence electrons. The number of fused-ring (bicyclic) bond motifs is 2. The summed E-state index contributed by atoms with van der Waals surface area (Å²) in [6.07, 6.45) is 3.82. The zero-order valence-electron chi connectivity index (χ0n) is 9.53. The van der Waals surface area contributed by atoms with Crippen LogP contribution in [0, 0.1) is 17.8 Å². The Morgan fingerprint density at radius 3 is 2.33 bits per heavy atom. The molecule has 2 bridgehead atoms. The van der Waals surface area contributed by atoms with Crippen molar-refractivity contribution < 1.29 is 26.4 Å². The van der Waals surface area contributed by atoms with Crippen LogP contribution in [0.1, 0.15) is 32.1 Å². The van der Waals surface area contributed by atoms with E-state index in [9.17, 15) is 26.4 Å². The number of carbonyl (C=O) groups excluding carboxylic acids is 1. The van der Waals surface area contributed by atoms with E-state index in [0.29, 0.717) is 11.8 Å². The lowest BCUT2D eigenvalue weighted by Crippen LogP contribution is -2.41. The number of carbonyl (C=O) groups is 1. The highest BCUT2D eigenvalue weighted by Crippen LogP contribution is 2.49. The van der Waals surface area contributed by atoms with Gasteiger partial charge in [-0.05, 0) is 37.0 Å². The summed E-state index contributed by atoms with van der Waals surface area (Å²) in [7, 11) is -5.55. The SMILES string of the molecule is O=C(CC1CC2CCC1C2)NS(=O)(=O)C(F)(F)F. The fraction of sp³-hybridized carbons (Fsp3) is 0.900. The predicted octanol–water partition coefficient (Wildman–Crippen LogP) is 1.78. The molecule has 0 aromatic rings. The van der Waals surface area contributed by atoms with Gasteiger partial charge in [0.25, 0.3) is 0 Å². The average molecular weight is 285 g/mol. The maximum atomic E-state index is 12.1. The molecule has 4 nitrogen and oxygen atoms in total. The Morgan fingerprint density at radius 1 is 1.22 bits per heavy atom. The zero-order chi connectivity index (χ0) is 13.6. The Labute approximate surface area is 103 Å². The topological polar surface area (TPSA) is 63.2 Å². The Hall–Kier alpha value is -0.790. The largest absolute Gasteiger partial charge is 0.516 e. The molecule has 1 amide bonds. The van der Waals surface area contributed by atoms with Crippen molar-refractivity contribution in [3.05, 3.63) is 0 Å². The van der Waals surface area contributed by atoms with Crippen LogP contribution in [0.2, 0.25) is 0 Å². The number of rotatable bonds is 3. The standard InChI is InChI=1S/C10H14F3NO3S/c11-10(12,13)18(16,17)14-9(15)5-8-4-6-1-2-7(8)3-6/h6-8H,1-5H2,(H,14,15). The van der Waals surface area contributed by atoms with Gasteiger partial charge in [0.05, 0.1) is 0 Å². The maximum Gasteiger partial charge on any atom is 0.516 e. The molecule has 3 atom stereocenters. The third-order valence-electron chi connectivity index (χ3n) is 3.89. The predicted molar refractivity (Wildman–Crippen MR) is 56.7 cm³/mol. The minimum Gasteiger partial charge on any atom is -0.274 e. The molecule has 0 radical (unpaired) electrons. The Bertz CT molecular complexity index is 446. The van der Waals surface area contributed by atoms with Gasteiger partial charge in [-0.1, -0.05) is 6.42 Å². The van der Waals surface area contributed by atoms with E-state index in [1.165, 1.54) is 0 Å². The third kappa shape index (κ3) is 2.62. The van der Waals surface area contributed by atoms with Crippen molar-refractivity contribution in [2.24, 2.45) is 17.8 Å². The van der Waals surface area contributed by atoms with Crippen molar-refractivity contribution in [3.8, 4) is 0 Å². The lowest BCUT2D eigenvalue weighted by Gasteiger charge is -2.20. The van der Waals surface area contributed by atoms with Gasteiger partial charge in [0, 0.05) is 6.42 Å². The zero-order valence-corrected chi connectivity index (χ0v) is 10.4. The number of halogens is 3. The molecule has 0 heterocycles. The normalized spacial score (nSPS) is 31.6. The summed E-state index contributed by atoms with van der Waals surface area (Å²) in [5.74, 6) is -0.0848. The lowest BCUT2D eigenvalue weighted by atomic mass is 9.86. The molecular formula is C10H14F3NO3S. The Balaban J connectivity index is 1.90. The van der Waals surface area contributed by atoms with Crippen molar-refractivity contribution in [2.75, 3.05) is 0 Å². The number of sulfonamides is 1. The molecule has 2 rings (SSSR count). The van der Waals surface area contributed by atoms with Crippen molar-refractivity contribution in [1.29, 1.82) is 0 Å². The highest BCUT2D eigenvalue weighted by atomic mass is 32.2. The smallest absolute Gasteiger partial charge is 0.274 e. The third-order valence-corrected chi connectivity index (χ3v) is 4.99. The van der Waals surface area contributed by atoms with Crippen LogP contribution in [0.4, 0.5) is 13.2 Å². The number of alkyl halides is 3. The highest BCUT2D eigenvalue weighted by molar-refractivity contribution is 7.90. The van der Waals surface area contributed by atoms with Crippen LogP contribution in [0.15, 0.2) is 0 Å². The second-order valence-corrected chi connectivity index (χ2v) is 6.79. The summed E-state index contributed by atoms with van der Waals surface area (Å²) in [5.41, 5.74) is -5.43. The van der Waals surface area contributed by atoms with Crippen LogP contribution in [0.25, 0.3) is 0 Å². The summed E-state index contributed by atoms with van der Waals surface area (Å²) in [5, 5.41) is 0. The van der Waals surface area contributed by atoms with E-state index >= 15 is 0 Å². The van der Waals surface area contributed by atoms with E-state index in [1.54, 1.807) is 0 Å². The molecule has 0 aliphatic heterocycles. The van der Waals surface area contributed by atoms with Gasteiger partial charge in [-0.15, -0.1) is 0 Å². The van der Waals surface area contributed by atoms with E-state index in [0.717, 1.165) is 30.4 Å². The number of amides is 1. The quantitative estimate of drug-likeness (QED) is 0.859. The molecule has 0 aromatic carbocycles. The number of nitrogens with one attached hydrogen (secondary N) is 1. The molecule has 18 heavy (non-hydrogen) atoms. The van der Waals surface area contributed by atoms with Crippen LogP contribution >= 0.6 is 0 Å². The number of hydrogen-bond donors (Lipinski definition) is 1. The van der Waals surface area contributed by atoms with Gasteiger partial charge in [0.15, 0.2) is 0 Å². The van der Waals surface area contributed by atoms with E-state index in [2.05, 4.69) is 0 Å². The average Bonchev–Trinajstić information content (AvgIpc) is 2.75. The van der Waals surface area contributed by atoms with Gasteiger partial charge in [0.2, 0.25) is 5.91 Å². The Morgan fingerprint density at radius 2 is 1.89 bits per heavy atom. The lowest BCUT2D eigenvalue weighted by molar-refractivity contribution is -0.121. The van der Waals surface area contributed by atoms with Gasteiger partial charge < -0.3 is 0 Å². The van der Waals surface area contributed by atoms with Crippen molar-refractivity contribution in [3.63, 3.8) is 0 Å². The maximum absolute atomic E-state index is 12.1. The summed E-state index contributed by atoms with van der Waals surface area (Å²) >= 11 is 0. The molecular weight excluding hydrogens is 271 g/mol. The minimum atomic E-state index is -5.55. The molecule has 3 unspecified atom stereocenters. The van der Waals surface area contributed by atoms with E-state index in [1.807, 2.05) is 0 Å². The summed E-state index contributed by atoms with van der Waals surface area (Å²) < 4.78 is 58.7. The van der Waals surface area contributed by atoms with Gasteiger partial charge in [-0.3, -0.25) is 4.79 Å². The van der Waals surface area contributed by atoms with Crippen molar-refractivity contribution in [1.82, 2.24) is 4.72 Å². The fourth-order valence-corrected chi connectivity index (χ4v) is 3.61. The molecule has 1 N–H and O–H groups in total. The van der Waals surface area contributed by atoms with Crippen molar-refractivity contribution in [2.45, 2.75) is 37.6 Å². The molecule has 0 saturated heterocycles. The molecule has 2 aliphatic carbocycles. The first-order valence-electron chi connectivity index (χ1n) is 5.81. The first-order valence-corrected chi connectivity index (χ1v) is 7.29. The van der Waals surface area contributed by atoms with Gasteiger partial charge in [-0.25, -0.2) is 4.72 Å². The van der Waals surface area contributed by atoms with E-state index in [4.69, 9.17) is 0 Å². The van der Waals surface area contributed by atoms with Crippen LogP contribution < -0.4 is 4.72 Å². The van der Waals surface area contributed by atoms with Crippen LogP contribution in [-0.4, -0.2) is 19.8 Å². The monoisotopic (exact) mass is 285 g/mol. The van der Waals surface area contributed by atoms with Gasteiger partial charge in [-0.2, -0.15) is 21.6 Å². The summed E-state index contributed by atoms with van der Waals surface area (Å²) in [6, 6.07) is 0. The molecule has 2 fully saturated rings. The van der Waals surface area contributed by atoms with Crippen LogP contribution in [0.5, 0.6) is 0 Å². The first-order chi connectivity index (χ1) is 8.19. The molecule has 8 heteroatoms. The minimum absolute atomic E-state index is 0.0344. The molecule has 2 saturated carbocycles. The molecule has 0 spiro atoms. The second-order valence-electron chi connectivity index (χ2n) is 5.11. The Kier molecular flexibility index (Phi) is 3.33.